The van der Waals surface area contributed by atoms with Gasteiger partial charge in [0.25, 0.3) is 5.79 Å². The topological polar surface area (TPSA) is 77.5 Å². The van der Waals surface area contributed by atoms with Crippen LogP contribution in [-0.2, 0) is 30.4 Å². The first kappa shape index (κ1) is 22.4. The fourth-order valence-electron chi connectivity index (χ4n) is 5.29. The average molecular weight is 474 g/mol. The fraction of sp³-hybridized carbons (Fsp3) is 0.321. The molecule has 3 atom stereocenters. The zero-order valence-corrected chi connectivity index (χ0v) is 19.2. The molecule has 7 heteroatoms. The predicted molar refractivity (Wildman–Crippen MR) is 127 cm³/mol. The van der Waals surface area contributed by atoms with Gasteiger partial charge in [0, 0.05) is 5.92 Å². The van der Waals surface area contributed by atoms with Crippen LogP contribution in [0.2, 0.25) is 0 Å². The highest BCUT2D eigenvalue weighted by molar-refractivity contribution is 5.79. The number of fused-ring (bicyclic) bond motifs is 5. The van der Waals surface area contributed by atoms with Crippen LogP contribution >= 0.6 is 0 Å². The number of carboxylic acid groups (broad SMARTS) is 1. The molecule has 0 aromatic heterocycles. The molecule has 7 nitrogen and oxygen atoms in total. The lowest BCUT2D eigenvalue weighted by Crippen LogP contribution is -2.55. The number of benzene rings is 3. The Kier molecular flexibility index (Phi) is 5.88. The average Bonchev–Trinajstić information content (AvgIpc) is 3.35. The summed E-state index contributed by atoms with van der Waals surface area (Å²) in [5.41, 5.74) is 5.94. The minimum absolute atomic E-state index is 0.00989. The molecule has 0 spiro atoms. The molecule has 35 heavy (non-hydrogen) atoms. The van der Waals surface area contributed by atoms with Crippen molar-refractivity contribution in [3.05, 3.63) is 95.6 Å². The van der Waals surface area contributed by atoms with Gasteiger partial charge in [-0.3, -0.25) is 4.84 Å². The lowest BCUT2D eigenvalue weighted by atomic mass is 9.98. The Hall–Kier alpha value is -3.07. The van der Waals surface area contributed by atoms with E-state index >= 15 is 0 Å². The molecule has 3 aliphatic rings. The summed E-state index contributed by atoms with van der Waals surface area (Å²) in [4.78, 5) is 18.4. The molecule has 2 bridgehead atoms. The molecule has 3 aromatic carbocycles. The molecule has 0 saturated carbocycles. The first-order valence-corrected chi connectivity index (χ1v) is 11.9. The Bertz CT molecular complexity index is 1170. The van der Waals surface area contributed by atoms with Gasteiger partial charge in [0.1, 0.15) is 12.2 Å². The number of morpholine rings is 1. The quantitative estimate of drug-likeness (QED) is 0.533. The number of nitrogens with zero attached hydrogens (tertiary/aromatic N) is 1. The van der Waals surface area contributed by atoms with Crippen LogP contribution < -0.4 is 0 Å². The summed E-state index contributed by atoms with van der Waals surface area (Å²) in [5, 5.41) is 11.6. The van der Waals surface area contributed by atoms with Gasteiger partial charge in [-0.25, -0.2) is 4.79 Å². The number of ether oxygens (including phenoxy) is 3. The number of carboxylic acids is 1. The maximum absolute atomic E-state index is 12.1. The number of rotatable bonds is 8. The van der Waals surface area contributed by atoms with E-state index in [1.54, 1.807) is 5.06 Å². The third-order valence-electron chi connectivity index (χ3n) is 6.97. The number of hydrogen-bond donors (Lipinski definition) is 1. The van der Waals surface area contributed by atoms with Gasteiger partial charge in [0.15, 0.2) is 0 Å². The molecule has 1 aliphatic carbocycles. The summed E-state index contributed by atoms with van der Waals surface area (Å²) in [5.74, 6) is -2.83. The lowest BCUT2D eigenvalue weighted by Gasteiger charge is -2.35. The largest absolute Gasteiger partial charge is 0.477 e. The normalized spacial score (nSPS) is 25.4. The molecule has 180 valence electrons. The first-order chi connectivity index (χ1) is 17.1. The van der Waals surface area contributed by atoms with Crippen LogP contribution in [0.15, 0.2) is 78.9 Å². The molecule has 2 fully saturated rings. The van der Waals surface area contributed by atoms with Gasteiger partial charge in [-0.05, 0) is 27.8 Å². The maximum Gasteiger partial charge on any atom is 0.366 e. The standard InChI is InChI=1S/C28H27NO6/c30-27(31)28-18-29(14-25(34-28)26(35-28)17-32-15-19-8-2-1-3-9-19)33-16-24-22-12-6-4-10-20(22)21-11-5-7-13-23(21)24/h1-13,24-26H,14-18H2,(H,30,31)/t25-,26-,28+/m0/s1. The Balaban J connectivity index is 1.13. The van der Waals surface area contributed by atoms with Gasteiger partial charge in [-0.1, -0.05) is 78.9 Å². The molecule has 2 aliphatic heterocycles. The lowest BCUT2D eigenvalue weighted by molar-refractivity contribution is -0.279. The van der Waals surface area contributed by atoms with Crippen molar-refractivity contribution in [2.24, 2.45) is 0 Å². The van der Waals surface area contributed by atoms with Crippen molar-refractivity contribution in [1.82, 2.24) is 5.06 Å². The van der Waals surface area contributed by atoms with E-state index in [2.05, 4.69) is 24.3 Å². The molecular formula is C28H27NO6. The van der Waals surface area contributed by atoms with E-state index in [0.29, 0.717) is 19.8 Å². The van der Waals surface area contributed by atoms with E-state index in [0.717, 1.165) is 5.56 Å². The summed E-state index contributed by atoms with van der Waals surface area (Å²) in [7, 11) is 0. The molecule has 0 radical (unpaired) electrons. The van der Waals surface area contributed by atoms with Crippen molar-refractivity contribution >= 4 is 5.97 Å². The van der Waals surface area contributed by atoms with Gasteiger partial charge in [-0.15, -0.1) is 0 Å². The van der Waals surface area contributed by atoms with Crippen LogP contribution in [0.3, 0.4) is 0 Å². The Morgan fingerprint density at radius 1 is 0.914 bits per heavy atom. The van der Waals surface area contributed by atoms with Gasteiger partial charge >= 0.3 is 5.97 Å². The minimum Gasteiger partial charge on any atom is -0.477 e. The molecule has 0 unspecified atom stereocenters. The van der Waals surface area contributed by atoms with Gasteiger partial charge in [-0.2, -0.15) is 5.06 Å². The molecule has 3 aromatic rings. The van der Waals surface area contributed by atoms with E-state index in [4.69, 9.17) is 19.0 Å². The Labute approximate surface area is 203 Å². The van der Waals surface area contributed by atoms with Gasteiger partial charge in [0.05, 0.1) is 32.9 Å². The highest BCUT2D eigenvalue weighted by Gasteiger charge is 2.58. The van der Waals surface area contributed by atoms with Crippen molar-refractivity contribution in [2.75, 3.05) is 26.3 Å². The molecule has 2 heterocycles. The molecule has 2 saturated heterocycles. The zero-order valence-electron chi connectivity index (χ0n) is 19.2. The highest BCUT2D eigenvalue weighted by Crippen LogP contribution is 2.45. The second kappa shape index (κ2) is 9.18. The zero-order chi connectivity index (χ0) is 23.8. The number of aliphatic carboxylic acids is 1. The molecule has 6 rings (SSSR count). The van der Waals surface area contributed by atoms with Crippen molar-refractivity contribution in [3.63, 3.8) is 0 Å². The summed E-state index contributed by atoms with van der Waals surface area (Å²) >= 11 is 0. The van der Waals surface area contributed by atoms with Crippen molar-refractivity contribution in [1.29, 1.82) is 0 Å². The van der Waals surface area contributed by atoms with Crippen molar-refractivity contribution in [2.45, 2.75) is 30.5 Å². The van der Waals surface area contributed by atoms with Crippen LogP contribution in [-0.4, -0.2) is 60.4 Å². The van der Waals surface area contributed by atoms with Crippen LogP contribution in [0.4, 0.5) is 0 Å². The van der Waals surface area contributed by atoms with Crippen LogP contribution in [0.1, 0.15) is 22.6 Å². The fourth-order valence-corrected chi connectivity index (χ4v) is 5.29. The second-order valence-corrected chi connectivity index (χ2v) is 9.22. The third-order valence-corrected chi connectivity index (χ3v) is 6.97. The number of hydrogen-bond acceptors (Lipinski definition) is 6. The van der Waals surface area contributed by atoms with E-state index in [1.807, 2.05) is 54.6 Å². The predicted octanol–water partition coefficient (Wildman–Crippen LogP) is 3.83. The molecule has 1 N–H and O–H groups in total. The monoisotopic (exact) mass is 473 g/mol. The third kappa shape index (κ3) is 4.16. The van der Waals surface area contributed by atoms with Crippen molar-refractivity contribution in [3.8, 4) is 11.1 Å². The second-order valence-electron chi connectivity index (χ2n) is 9.22. The minimum atomic E-state index is -1.75. The smallest absolute Gasteiger partial charge is 0.366 e. The van der Waals surface area contributed by atoms with Gasteiger partial charge < -0.3 is 19.3 Å². The number of carbonyl (C=O) groups is 1. The summed E-state index contributed by atoms with van der Waals surface area (Å²) in [6.45, 7) is 1.47. The summed E-state index contributed by atoms with van der Waals surface area (Å²) in [6, 6.07) is 26.5. The van der Waals surface area contributed by atoms with Crippen LogP contribution in [0.5, 0.6) is 0 Å². The van der Waals surface area contributed by atoms with E-state index in [1.165, 1.54) is 22.3 Å². The first-order valence-electron chi connectivity index (χ1n) is 11.9. The van der Waals surface area contributed by atoms with Gasteiger partial charge in [0.2, 0.25) is 0 Å². The SMILES string of the molecule is O=C(O)[C@]12CN(OCC3c4ccccc4-c4ccccc43)C[C@H](O1)[C@H](COCc1ccccc1)O2. The van der Waals surface area contributed by atoms with E-state index in [9.17, 15) is 9.90 Å². The van der Waals surface area contributed by atoms with Crippen molar-refractivity contribution < 1.29 is 28.9 Å². The number of hydroxylamine groups is 2. The molecular weight excluding hydrogens is 446 g/mol. The maximum atomic E-state index is 12.1. The van der Waals surface area contributed by atoms with Crippen LogP contribution in [0.25, 0.3) is 11.1 Å². The molecule has 0 amide bonds. The Morgan fingerprint density at radius 3 is 2.26 bits per heavy atom. The van der Waals surface area contributed by atoms with E-state index in [-0.39, 0.29) is 19.1 Å². The summed E-state index contributed by atoms with van der Waals surface area (Å²) in [6.07, 6.45) is -0.949. The Morgan fingerprint density at radius 2 is 1.57 bits per heavy atom. The van der Waals surface area contributed by atoms with E-state index < -0.39 is 24.0 Å². The highest BCUT2D eigenvalue weighted by atomic mass is 16.8. The van der Waals surface area contributed by atoms with Crippen LogP contribution in [0, 0.1) is 0 Å². The summed E-state index contributed by atoms with van der Waals surface area (Å²) < 4.78 is 17.6.